The predicted molar refractivity (Wildman–Crippen MR) is 73.7 cm³/mol. The number of ketones is 1. The van der Waals surface area contributed by atoms with E-state index in [0.717, 1.165) is 19.5 Å². The highest BCUT2D eigenvalue weighted by molar-refractivity contribution is 5.97. The molecule has 102 valence electrons. The standard InChI is InChI=1S/C15H20N2O2/c16-10-12-8-9-17(11-12)15(19)7-6-14(18)13-4-2-1-3-5-13/h1-5,12H,6-11,16H2. The molecular weight excluding hydrogens is 240 g/mol. The van der Waals surface area contributed by atoms with Crippen molar-refractivity contribution in [3.05, 3.63) is 35.9 Å². The Kier molecular flexibility index (Phi) is 4.68. The Morgan fingerprint density at radius 1 is 1.21 bits per heavy atom. The van der Waals surface area contributed by atoms with Gasteiger partial charge in [-0.05, 0) is 18.9 Å². The molecule has 0 spiro atoms. The van der Waals surface area contributed by atoms with Gasteiger partial charge < -0.3 is 10.6 Å². The summed E-state index contributed by atoms with van der Waals surface area (Å²) in [6, 6.07) is 9.11. The molecule has 0 aliphatic carbocycles. The Morgan fingerprint density at radius 3 is 2.58 bits per heavy atom. The summed E-state index contributed by atoms with van der Waals surface area (Å²) in [5, 5.41) is 0. The first-order valence-corrected chi connectivity index (χ1v) is 6.77. The zero-order chi connectivity index (χ0) is 13.7. The van der Waals surface area contributed by atoms with Crippen molar-refractivity contribution in [3.8, 4) is 0 Å². The number of hydrogen-bond acceptors (Lipinski definition) is 3. The largest absolute Gasteiger partial charge is 0.342 e. The lowest BCUT2D eigenvalue weighted by Gasteiger charge is -2.15. The Hall–Kier alpha value is -1.68. The van der Waals surface area contributed by atoms with Crippen LogP contribution >= 0.6 is 0 Å². The minimum Gasteiger partial charge on any atom is -0.342 e. The number of carbonyl (C=O) groups is 2. The predicted octanol–water partition coefficient (Wildman–Crippen LogP) is 1.46. The van der Waals surface area contributed by atoms with Gasteiger partial charge in [0.2, 0.25) is 5.91 Å². The second-order valence-corrected chi connectivity index (χ2v) is 5.02. The van der Waals surface area contributed by atoms with Gasteiger partial charge in [-0.1, -0.05) is 30.3 Å². The zero-order valence-electron chi connectivity index (χ0n) is 11.0. The summed E-state index contributed by atoms with van der Waals surface area (Å²) in [7, 11) is 0. The fraction of sp³-hybridized carbons (Fsp3) is 0.467. The van der Waals surface area contributed by atoms with Gasteiger partial charge in [0.1, 0.15) is 0 Å². The lowest BCUT2D eigenvalue weighted by atomic mass is 10.1. The van der Waals surface area contributed by atoms with Crippen LogP contribution in [0.3, 0.4) is 0 Å². The Bertz CT molecular complexity index is 445. The van der Waals surface area contributed by atoms with Crippen LogP contribution in [0.5, 0.6) is 0 Å². The van der Waals surface area contributed by atoms with Gasteiger partial charge >= 0.3 is 0 Å². The molecule has 1 aromatic rings. The van der Waals surface area contributed by atoms with E-state index in [1.807, 2.05) is 23.1 Å². The summed E-state index contributed by atoms with van der Waals surface area (Å²) in [5.41, 5.74) is 6.28. The maximum absolute atomic E-state index is 12.0. The van der Waals surface area contributed by atoms with Crippen LogP contribution in [0.1, 0.15) is 29.6 Å². The fourth-order valence-electron chi connectivity index (χ4n) is 2.40. The second kappa shape index (κ2) is 6.48. The first-order chi connectivity index (χ1) is 9.20. The number of Topliss-reactive ketones (excluding diaryl/α,β-unsaturated/α-hetero) is 1. The molecule has 0 bridgehead atoms. The molecule has 1 amide bonds. The van der Waals surface area contributed by atoms with Gasteiger partial charge in [0, 0.05) is 31.5 Å². The molecule has 0 aromatic heterocycles. The monoisotopic (exact) mass is 260 g/mol. The normalized spacial score (nSPS) is 18.6. The van der Waals surface area contributed by atoms with E-state index >= 15 is 0 Å². The van der Waals surface area contributed by atoms with E-state index in [2.05, 4.69) is 0 Å². The third kappa shape index (κ3) is 3.64. The molecule has 1 heterocycles. The molecule has 1 aliphatic rings. The third-order valence-corrected chi connectivity index (χ3v) is 3.63. The van der Waals surface area contributed by atoms with Crippen molar-refractivity contribution in [2.24, 2.45) is 11.7 Å². The molecule has 19 heavy (non-hydrogen) atoms. The summed E-state index contributed by atoms with van der Waals surface area (Å²) in [6.45, 7) is 2.15. The Morgan fingerprint density at radius 2 is 1.95 bits per heavy atom. The van der Waals surface area contributed by atoms with Crippen molar-refractivity contribution in [1.29, 1.82) is 0 Å². The van der Waals surface area contributed by atoms with Crippen molar-refractivity contribution in [3.63, 3.8) is 0 Å². The number of carbonyl (C=O) groups excluding carboxylic acids is 2. The lowest BCUT2D eigenvalue weighted by molar-refractivity contribution is -0.130. The minimum atomic E-state index is 0.0310. The first-order valence-electron chi connectivity index (χ1n) is 6.77. The van der Waals surface area contributed by atoms with Gasteiger partial charge in [0.25, 0.3) is 0 Å². The van der Waals surface area contributed by atoms with Crippen LogP contribution in [0, 0.1) is 5.92 Å². The van der Waals surface area contributed by atoms with Gasteiger partial charge in [0.15, 0.2) is 5.78 Å². The molecule has 4 heteroatoms. The van der Waals surface area contributed by atoms with Crippen molar-refractivity contribution >= 4 is 11.7 Å². The molecule has 0 radical (unpaired) electrons. The molecule has 0 saturated carbocycles. The summed E-state index contributed by atoms with van der Waals surface area (Å²) >= 11 is 0. The molecule has 1 fully saturated rings. The highest BCUT2D eigenvalue weighted by atomic mass is 16.2. The summed E-state index contributed by atoms with van der Waals surface area (Å²) in [4.78, 5) is 25.7. The molecule has 1 aromatic carbocycles. The SMILES string of the molecule is NCC1CCN(C(=O)CCC(=O)c2ccccc2)C1. The van der Waals surface area contributed by atoms with E-state index in [9.17, 15) is 9.59 Å². The number of benzene rings is 1. The lowest BCUT2D eigenvalue weighted by Crippen LogP contribution is -2.30. The number of amides is 1. The molecule has 1 unspecified atom stereocenters. The van der Waals surface area contributed by atoms with Crippen LogP contribution < -0.4 is 5.73 Å². The van der Waals surface area contributed by atoms with Crippen LogP contribution in [0.25, 0.3) is 0 Å². The van der Waals surface area contributed by atoms with Crippen LogP contribution in [0.4, 0.5) is 0 Å². The third-order valence-electron chi connectivity index (χ3n) is 3.63. The topological polar surface area (TPSA) is 63.4 Å². The van der Waals surface area contributed by atoms with E-state index in [0.29, 0.717) is 24.4 Å². The summed E-state index contributed by atoms with van der Waals surface area (Å²) < 4.78 is 0. The van der Waals surface area contributed by atoms with Crippen LogP contribution in [-0.4, -0.2) is 36.2 Å². The maximum atomic E-state index is 12.0. The fourth-order valence-corrected chi connectivity index (χ4v) is 2.40. The summed E-state index contributed by atoms with van der Waals surface area (Å²) in [6.07, 6.45) is 1.56. The van der Waals surface area contributed by atoms with E-state index in [1.165, 1.54) is 0 Å². The van der Waals surface area contributed by atoms with Crippen LogP contribution in [-0.2, 0) is 4.79 Å². The molecule has 4 nitrogen and oxygen atoms in total. The van der Waals surface area contributed by atoms with Crippen LogP contribution in [0.15, 0.2) is 30.3 Å². The van der Waals surface area contributed by atoms with Gasteiger partial charge in [0.05, 0.1) is 0 Å². The second-order valence-electron chi connectivity index (χ2n) is 5.02. The number of likely N-dealkylation sites (tertiary alicyclic amines) is 1. The van der Waals surface area contributed by atoms with E-state index in [1.54, 1.807) is 12.1 Å². The van der Waals surface area contributed by atoms with Gasteiger partial charge in [-0.3, -0.25) is 9.59 Å². The van der Waals surface area contributed by atoms with Gasteiger partial charge in [-0.2, -0.15) is 0 Å². The van der Waals surface area contributed by atoms with Crippen molar-refractivity contribution < 1.29 is 9.59 Å². The molecule has 1 atom stereocenters. The van der Waals surface area contributed by atoms with Gasteiger partial charge in [-0.25, -0.2) is 0 Å². The zero-order valence-corrected chi connectivity index (χ0v) is 11.0. The highest BCUT2D eigenvalue weighted by Crippen LogP contribution is 2.16. The first kappa shape index (κ1) is 13.7. The number of hydrogen-bond donors (Lipinski definition) is 1. The molecule has 2 N–H and O–H groups in total. The Labute approximate surface area is 113 Å². The van der Waals surface area contributed by atoms with Gasteiger partial charge in [-0.15, -0.1) is 0 Å². The Balaban J connectivity index is 1.80. The molecule has 1 saturated heterocycles. The average molecular weight is 260 g/mol. The number of nitrogens with zero attached hydrogens (tertiary/aromatic N) is 1. The van der Waals surface area contributed by atoms with E-state index in [4.69, 9.17) is 5.73 Å². The van der Waals surface area contributed by atoms with Crippen LogP contribution in [0.2, 0.25) is 0 Å². The quantitative estimate of drug-likeness (QED) is 0.815. The maximum Gasteiger partial charge on any atom is 0.223 e. The molecular formula is C15H20N2O2. The van der Waals surface area contributed by atoms with Crippen molar-refractivity contribution in [2.45, 2.75) is 19.3 Å². The highest BCUT2D eigenvalue weighted by Gasteiger charge is 2.25. The van der Waals surface area contributed by atoms with Crippen molar-refractivity contribution in [2.75, 3.05) is 19.6 Å². The minimum absolute atomic E-state index is 0.0310. The summed E-state index contributed by atoms with van der Waals surface area (Å²) in [5.74, 6) is 0.525. The smallest absolute Gasteiger partial charge is 0.223 e. The van der Waals surface area contributed by atoms with E-state index < -0.39 is 0 Å². The molecule has 2 rings (SSSR count). The van der Waals surface area contributed by atoms with Crippen molar-refractivity contribution in [1.82, 2.24) is 4.90 Å². The number of rotatable bonds is 5. The van der Waals surface area contributed by atoms with E-state index in [-0.39, 0.29) is 18.1 Å². The molecule has 1 aliphatic heterocycles. The number of nitrogens with two attached hydrogens (primary N) is 1. The average Bonchev–Trinajstić information content (AvgIpc) is 2.94.